The zero-order valence-corrected chi connectivity index (χ0v) is 17.8. The summed E-state index contributed by atoms with van der Waals surface area (Å²) in [7, 11) is 1.46. The smallest absolute Gasteiger partial charge is 0.255 e. The summed E-state index contributed by atoms with van der Waals surface area (Å²) in [6.45, 7) is 1.61. The van der Waals surface area contributed by atoms with Crippen LogP contribution in [0.4, 0.5) is 0 Å². The number of carbonyl (C=O) groups excluding carboxylic acids is 2. The third-order valence-corrected chi connectivity index (χ3v) is 5.82. The maximum atomic E-state index is 12.9. The van der Waals surface area contributed by atoms with Crippen LogP contribution in [0.3, 0.4) is 0 Å². The zero-order valence-electron chi connectivity index (χ0n) is 17.8. The molecular weight excluding hydrogens is 416 g/mol. The standard InChI is InChI=1S/C23H26N2O7/c1-28-19-10-15(2-4-17(19)30-12-21(24)26)22(27)25-13-23(6-8-29-9-7-23)16-3-5-18-20(11-16)32-14-31-18/h2-5,10-11H,6-9,12-14H2,1H3,(H2,24,26)(H,25,27). The predicted octanol–water partition coefficient (Wildman–Crippen LogP) is 1.77. The van der Waals surface area contributed by atoms with Gasteiger partial charge in [-0.25, -0.2) is 0 Å². The molecule has 4 rings (SSSR count). The van der Waals surface area contributed by atoms with E-state index in [0.29, 0.717) is 36.8 Å². The number of hydrogen-bond donors (Lipinski definition) is 2. The highest BCUT2D eigenvalue weighted by Gasteiger charge is 2.36. The molecule has 0 spiro atoms. The van der Waals surface area contributed by atoms with Gasteiger partial charge in [0.1, 0.15) is 0 Å². The van der Waals surface area contributed by atoms with Crippen molar-refractivity contribution in [2.24, 2.45) is 5.73 Å². The van der Waals surface area contributed by atoms with Gasteiger partial charge in [-0.15, -0.1) is 0 Å². The number of nitrogens with two attached hydrogens (primary N) is 1. The van der Waals surface area contributed by atoms with E-state index in [1.807, 2.05) is 18.2 Å². The van der Waals surface area contributed by atoms with Gasteiger partial charge in [0.05, 0.1) is 7.11 Å². The predicted molar refractivity (Wildman–Crippen MR) is 114 cm³/mol. The van der Waals surface area contributed by atoms with Crippen LogP contribution in [-0.2, 0) is 14.9 Å². The first kappa shape index (κ1) is 21.8. The van der Waals surface area contributed by atoms with Gasteiger partial charge >= 0.3 is 0 Å². The van der Waals surface area contributed by atoms with E-state index < -0.39 is 5.91 Å². The summed E-state index contributed by atoms with van der Waals surface area (Å²) >= 11 is 0. The number of amides is 2. The molecule has 0 atom stereocenters. The number of rotatable bonds is 8. The molecule has 1 fully saturated rings. The summed E-state index contributed by atoms with van der Waals surface area (Å²) in [5, 5.41) is 3.06. The third-order valence-electron chi connectivity index (χ3n) is 5.82. The summed E-state index contributed by atoms with van der Waals surface area (Å²) in [6, 6.07) is 10.7. The first-order valence-corrected chi connectivity index (χ1v) is 10.4. The van der Waals surface area contributed by atoms with Crippen LogP contribution in [-0.4, -0.2) is 52.1 Å². The van der Waals surface area contributed by atoms with Gasteiger partial charge < -0.3 is 34.7 Å². The van der Waals surface area contributed by atoms with Crippen LogP contribution >= 0.6 is 0 Å². The van der Waals surface area contributed by atoms with Crippen LogP contribution in [0.2, 0.25) is 0 Å². The van der Waals surface area contributed by atoms with Crippen LogP contribution in [0.25, 0.3) is 0 Å². The number of carbonyl (C=O) groups is 2. The number of nitrogens with one attached hydrogen (secondary N) is 1. The van der Waals surface area contributed by atoms with Crippen LogP contribution in [0.5, 0.6) is 23.0 Å². The molecule has 0 aromatic heterocycles. The van der Waals surface area contributed by atoms with E-state index in [4.69, 9.17) is 29.4 Å². The minimum absolute atomic E-state index is 0.215. The molecule has 32 heavy (non-hydrogen) atoms. The third kappa shape index (κ3) is 4.57. The molecule has 0 bridgehead atoms. The number of methoxy groups -OCH3 is 1. The molecule has 0 saturated carbocycles. The van der Waals surface area contributed by atoms with E-state index in [1.54, 1.807) is 18.2 Å². The minimum atomic E-state index is -0.598. The molecule has 2 aliphatic rings. The van der Waals surface area contributed by atoms with Crippen molar-refractivity contribution in [2.75, 3.05) is 40.3 Å². The number of primary amides is 1. The van der Waals surface area contributed by atoms with Gasteiger partial charge in [-0.05, 0) is 48.7 Å². The molecule has 0 radical (unpaired) electrons. The van der Waals surface area contributed by atoms with Crippen molar-refractivity contribution in [3.8, 4) is 23.0 Å². The van der Waals surface area contributed by atoms with Crippen LogP contribution in [0.1, 0.15) is 28.8 Å². The molecule has 9 nitrogen and oxygen atoms in total. The Morgan fingerprint density at radius 1 is 1.06 bits per heavy atom. The molecule has 2 aromatic carbocycles. The minimum Gasteiger partial charge on any atom is -0.493 e. The van der Waals surface area contributed by atoms with Gasteiger partial charge in [0.25, 0.3) is 11.8 Å². The van der Waals surface area contributed by atoms with E-state index in [2.05, 4.69) is 5.32 Å². The lowest BCUT2D eigenvalue weighted by Crippen LogP contribution is -2.44. The van der Waals surface area contributed by atoms with Gasteiger partial charge in [0, 0.05) is 30.7 Å². The lowest BCUT2D eigenvalue weighted by Gasteiger charge is -2.38. The fraction of sp³-hybridized carbons (Fsp3) is 0.391. The maximum Gasteiger partial charge on any atom is 0.255 e. The van der Waals surface area contributed by atoms with Crippen molar-refractivity contribution < 1.29 is 33.3 Å². The Labute approximate surface area is 185 Å². The van der Waals surface area contributed by atoms with Gasteiger partial charge in [-0.3, -0.25) is 9.59 Å². The topological polar surface area (TPSA) is 118 Å². The number of ether oxygens (including phenoxy) is 5. The van der Waals surface area contributed by atoms with Crippen molar-refractivity contribution in [3.05, 3.63) is 47.5 Å². The fourth-order valence-electron chi connectivity index (χ4n) is 3.98. The maximum absolute atomic E-state index is 12.9. The van der Waals surface area contributed by atoms with Crippen LogP contribution in [0.15, 0.2) is 36.4 Å². The molecule has 1 saturated heterocycles. The SMILES string of the molecule is COc1cc(C(=O)NCC2(c3ccc4c(c3)OCO4)CCOCC2)ccc1OCC(N)=O. The van der Waals surface area contributed by atoms with E-state index in [-0.39, 0.29) is 24.7 Å². The van der Waals surface area contributed by atoms with Crippen molar-refractivity contribution in [1.29, 1.82) is 0 Å². The van der Waals surface area contributed by atoms with Gasteiger partial charge in [-0.1, -0.05) is 6.07 Å². The molecule has 2 heterocycles. The largest absolute Gasteiger partial charge is 0.493 e. The molecule has 2 aliphatic heterocycles. The van der Waals surface area contributed by atoms with Crippen molar-refractivity contribution in [1.82, 2.24) is 5.32 Å². The molecule has 170 valence electrons. The Bertz CT molecular complexity index is 1000. The number of benzene rings is 2. The van der Waals surface area contributed by atoms with E-state index >= 15 is 0 Å². The Balaban J connectivity index is 1.50. The fourth-order valence-corrected chi connectivity index (χ4v) is 3.98. The summed E-state index contributed by atoms with van der Waals surface area (Å²) in [5.41, 5.74) is 6.34. The molecule has 2 aromatic rings. The monoisotopic (exact) mass is 442 g/mol. The van der Waals surface area contributed by atoms with Crippen molar-refractivity contribution >= 4 is 11.8 Å². The first-order valence-electron chi connectivity index (χ1n) is 10.4. The van der Waals surface area contributed by atoms with Crippen LogP contribution < -0.4 is 30.0 Å². The van der Waals surface area contributed by atoms with Crippen molar-refractivity contribution in [3.63, 3.8) is 0 Å². The number of hydrogen-bond acceptors (Lipinski definition) is 7. The molecule has 0 unspecified atom stereocenters. The first-order chi connectivity index (χ1) is 15.5. The normalized spacial score (nSPS) is 16.3. The second kappa shape index (κ2) is 9.35. The Morgan fingerprint density at radius 2 is 1.84 bits per heavy atom. The highest BCUT2D eigenvalue weighted by Crippen LogP contribution is 2.40. The molecule has 2 amide bonds. The summed E-state index contributed by atoms with van der Waals surface area (Å²) in [5.74, 6) is 1.29. The molecule has 3 N–H and O–H groups in total. The summed E-state index contributed by atoms with van der Waals surface area (Å²) in [6.07, 6.45) is 1.55. The second-order valence-corrected chi connectivity index (χ2v) is 7.76. The average Bonchev–Trinajstić information content (AvgIpc) is 3.29. The average molecular weight is 442 g/mol. The van der Waals surface area contributed by atoms with Gasteiger partial charge in [0.15, 0.2) is 29.6 Å². The number of fused-ring (bicyclic) bond motifs is 1. The summed E-state index contributed by atoms with van der Waals surface area (Å²) < 4.78 is 27.2. The Morgan fingerprint density at radius 3 is 2.59 bits per heavy atom. The lowest BCUT2D eigenvalue weighted by atomic mass is 9.74. The summed E-state index contributed by atoms with van der Waals surface area (Å²) in [4.78, 5) is 23.9. The Hall–Kier alpha value is -3.46. The quantitative estimate of drug-likeness (QED) is 0.640. The van der Waals surface area contributed by atoms with Gasteiger partial charge in [0.2, 0.25) is 6.79 Å². The highest BCUT2D eigenvalue weighted by molar-refractivity contribution is 5.95. The zero-order chi connectivity index (χ0) is 22.6. The molecular formula is C23H26N2O7. The molecule has 0 aliphatic carbocycles. The highest BCUT2D eigenvalue weighted by atomic mass is 16.7. The van der Waals surface area contributed by atoms with E-state index in [0.717, 1.165) is 29.9 Å². The van der Waals surface area contributed by atoms with Gasteiger partial charge in [-0.2, -0.15) is 0 Å². The Kier molecular flexibility index (Phi) is 6.36. The van der Waals surface area contributed by atoms with E-state index in [1.165, 1.54) is 7.11 Å². The van der Waals surface area contributed by atoms with E-state index in [9.17, 15) is 9.59 Å². The van der Waals surface area contributed by atoms with Crippen LogP contribution in [0, 0.1) is 0 Å². The second-order valence-electron chi connectivity index (χ2n) is 7.76. The molecule has 9 heteroatoms. The lowest BCUT2D eigenvalue weighted by molar-refractivity contribution is -0.119. The van der Waals surface area contributed by atoms with Crippen molar-refractivity contribution in [2.45, 2.75) is 18.3 Å².